The molecule has 4 aromatic rings. The normalized spacial score (nSPS) is 11.0. The molecule has 0 radical (unpaired) electrons. The highest BCUT2D eigenvalue weighted by Gasteiger charge is 2.14. The third kappa shape index (κ3) is 5.71. The number of hydrogen-bond acceptors (Lipinski definition) is 8. The number of methoxy groups -OCH3 is 2. The number of nitrogens with zero attached hydrogens (tertiary/aromatic N) is 2. The molecule has 200 valence electrons. The predicted molar refractivity (Wildman–Crippen MR) is 150 cm³/mol. The summed E-state index contributed by atoms with van der Waals surface area (Å²) in [7, 11) is 3.09. The van der Waals surface area contributed by atoms with E-state index in [4.69, 9.17) is 27.4 Å². The Balaban J connectivity index is 1.43. The van der Waals surface area contributed by atoms with Crippen molar-refractivity contribution < 1.29 is 19.1 Å². The van der Waals surface area contributed by atoms with Crippen LogP contribution in [0.25, 0.3) is 21.8 Å². The molecule has 0 saturated carbocycles. The van der Waals surface area contributed by atoms with Crippen LogP contribution in [0.4, 0.5) is 5.82 Å². The minimum absolute atomic E-state index is 0.161. The number of H-pyrrole nitrogens is 1. The van der Waals surface area contributed by atoms with Gasteiger partial charge in [-0.15, -0.1) is 0 Å². The van der Waals surface area contributed by atoms with E-state index in [2.05, 4.69) is 25.9 Å². The fourth-order valence-corrected chi connectivity index (χ4v) is 4.40. The number of nitrogens with one attached hydrogen (secondary N) is 4. The first-order chi connectivity index (χ1) is 18.4. The van der Waals surface area contributed by atoms with Crippen molar-refractivity contribution in [1.29, 1.82) is 0 Å². The fraction of sp³-hybridized carbons (Fsp3) is 0.308. The van der Waals surface area contributed by atoms with Crippen molar-refractivity contribution >= 4 is 51.7 Å². The van der Waals surface area contributed by atoms with Gasteiger partial charge in [-0.2, -0.15) is 0 Å². The van der Waals surface area contributed by atoms with Gasteiger partial charge < -0.3 is 40.7 Å². The van der Waals surface area contributed by atoms with Gasteiger partial charge in [0.1, 0.15) is 11.5 Å². The van der Waals surface area contributed by atoms with Crippen LogP contribution in [0, 0.1) is 4.77 Å². The zero-order chi connectivity index (χ0) is 27.2. The molecule has 2 amide bonds. The predicted octanol–water partition coefficient (Wildman–Crippen LogP) is 2.62. The Bertz CT molecular complexity index is 1550. The number of carbonyl (C=O) groups is 2. The topological polar surface area (TPSA) is 148 Å². The zero-order valence-electron chi connectivity index (χ0n) is 21.5. The van der Waals surface area contributed by atoms with E-state index < -0.39 is 0 Å². The van der Waals surface area contributed by atoms with Gasteiger partial charge in [0, 0.05) is 54.1 Å². The number of aromatic amines is 1. The molecule has 0 unspecified atom stereocenters. The van der Waals surface area contributed by atoms with E-state index >= 15 is 0 Å². The van der Waals surface area contributed by atoms with Gasteiger partial charge >= 0.3 is 0 Å². The first-order valence-corrected chi connectivity index (χ1v) is 12.6. The van der Waals surface area contributed by atoms with Crippen molar-refractivity contribution in [3.8, 4) is 11.5 Å². The highest BCUT2D eigenvalue weighted by Crippen LogP contribution is 2.33. The zero-order valence-corrected chi connectivity index (χ0v) is 22.3. The summed E-state index contributed by atoms with van der Waals surface area (Å²) in [6, 6.07) is 10.5. The number of nitrogen functional groups attached to an aromatic ring is 1. The van der Waals surface area contributed by atoms with E-state index in [1.54, 1.807) is 55.2 Å². The summed E-state index contributed by atoms with van der Waals surface area (Å²) in [5, 5.41) is 10.3. The second-order valence-electron chi connectivity index (χ2n) is 8.51. The summed E-state index contributed by atoms with van der Waals surface area (Å²) in [4.78, 5) is 32.8. The highest BCUT2D eigenvalue weighted by atomic mass is 32.1. The van der Waals surface area contributed by atoms with E-state index in [0.717, 1.165) is 17.4 Å². The maximum absolute atomic E-state index is 12.8. The molecule has 0 saturated heterocycles. The van der Waals surface area contributed by atoms with E-state index in [0.29, 0.717) is 63.9 Å². The van der Waals surface area contributed by atoms with E-state index in [1.807, 2.05) is 6.92 Å². The highest BCUT2D eigenvalue weighted by molar-refractivity contribution is 7.71. The lowest BCUT2D eigenvalue weighted by Crippen LogP contribution is -2.31. The quantitative estimate of drug-likeness (QED) is 0.145. The Labute approximate surface area is 224 Å². The number of anilines is 1. The summed E-state index contributed by atoms with van der Waals surface area (Å²) in [5.41, 5.74) is 8.67. The van der Waals surface area contributed by atoms with Gasteiger partial charge in [-0.05, 0) is 49.1 Å². The van der Waals surface area contributed by atoms with Crippen LogP contribution >= 0.6 is 12.2 Å². The Morgan fingerprint density at radius 2 is 1.76 bits per heavy atom. The summed E-state index contributed by atoms with van der Waals surface area (Å²) in [5.74, 6) is 1.02. The van der Waals surface area contributed by atoms with Crippen molar-refractivity contribution in [1.82, 2.24) is 30.5 Å². The molecule has 2 aromatic carbocycles. The molecule has 0 atom stereocenters. The molecule has 2 heterocycles. The molecule has 0 fully saturated rings. The summed E-state index contributed by atoms with van der Waals surface area (Å²) >= 11 is 5.44. The van der Waals surface area contributed by atoms with E-state index in [1.165, 1.54) is 0 Å². The Morgan fingerprint density at radius 3 is 2.50 bits per heavy atom. The van der Waals surface area contributed by atoms with Crippen LogP contribution in [0.5, 0.6) is 11.5 Å². The molecule has 0 aliphatic rings. The molecule has 11 nitrogen and oxygen atoms in total. The molecule has 12 heteroatoms. The van der Waals surface area contributed by atoms with Crippen LogP contribution in [-0.4, -0.2) is 66.7 Å². The number of likely N-dealkylation sites (N-methyl/N-ethyl adjacent to an activating group) is 1. The molecule has 38 heavy (non-hydrogen) atoms. The van der Waals surface area contributed by atoms with Crippen LogP contribution in [0.1, 0.15) is 27.8 Å². The van der Waals surface area contributed by atoms with Gasteiger partial charge in [-0.3, -0.25) is 9.59 Å². The van der Waals surface area contributed by atoms with Crippen LogP contribution < -0.4 is 31.2 Å². The molecule has 6 N–H and O–H groups in total. The van der Waals surface area contributed by atoms with Crippen molar-refractivity contribution in [2.45, 2.75) is 13.5 Å². The molecular formula is C26H31N7O4S. The number of fused-ring (bicyclic) bond motifs is 2. The molecule has 0 aliphatic carbocycles. The number of carbonyl (C=O) groups excluding carboxylic acids is 2. The lowest BCUT2D eigenvalue weighted by Gasteiger charge is -2.15. The Kier molecular flexibility index (Phi) is 8.44. The lowest BCUT2D eigenvalue weighted by molar-refractivity contribution is 0.0942. The van der Waals surface area contributed by atoms with Crippen LogP contribution in [0.3, 0.4) is 0 Å². The summed E-state index contributed by atoms with van der Waals surface area (Å²) < 4.78 is 12.7. The van der Waals surface area contributed by atoms with Crippen LogP contribution in [-0.2, 0) is 6.54 Å². The minimum atomic E-state index is -0.289. The third-order valence-corrected chi connectivity index (χ3v) is 6.41. The number of nitrogens with two attached hydrogens (primary N) is 1. The smallest absolute Gasteiger partial charge is 0.267 e. The molecular weight excluding hydrogens is 506 g/mol. The van der Waals surface area contributed by atoms with Gasteiger partial charge in [0.15, 0.2) is 11.5 Å². The van der Waals surface area contributed by atoms with Gasteiger partial charge in [0.2, 0.25) is 4.77 Å². The number of aromatic nitrogens is 3. The van der Waals surface area contributed by atoms with Crippen LogP contribution in [0.15, 0.2) is 36.4 Å². The van der Waals surface area contributed by atoms with E-state index in [9.17, 15) is 9.59 Å². The van der Waals surface area contributed by atoms with Gasteiger partial charge in [-0.1, -0.05) is 6.92 Å². The lowest BCUT2D eigenvalue weighted by atomic mass is 10.1. The standard InChI is InChI=1S/C26H31N7O4S/c1-4-28-7-8-29-24(34)15-5-6-18-16(11-15)12-20(31-18)25(35)30-9-10-33-23(27)17-13-21(36-2)22(37-3)14-19(17)32-26(33)38/h5-6,11-14,28,31H,4,7-10,27H2,1-3H3,(H,29,34)(H,30,35). The first-order valence-electron chi connectivity index (χ1n) is 12.2. The number of benzene rings is 2. The van der Waals surface area contributed by atoms with Crippen molar-refractivity contribution in [2.24, 2.45) is 0 Å². The Hall–Kier alpha value is -4.16. The van der Waals surface area contributed by atoms with Crippen molar-refractivity contribution in [2.75, 3.05) is 46.1 Å². The molecule has 4 rings (SSSR count). The van der Waals surface area contributed by atoms with E-state index in [-0.39, 0.29) is 18.4 Å². The monoisotopic (exact) mass is 537 g/mol. The second kappa shape index (κ2) is 11.9. The minimum Gasteiger partial charge on any atom is -0.493 e. The SMILES string of the molecule is CCNCCNC(=O)c1ccc2[nH]c(C(=O)NCCn3c(N)c4cc(OC)c(OC)cc4nc3=S)cc2c1. The molecule has 0 spiro atoms. The number of amides is 2. The van der Waals surface area contributed by atoms with Crippen LogP contribution in [0.2, 0.25) is 0 Å². The van der Waals surface area contributed by atoms with Gasteiger partial charge in [-0.25, -0.2) is 4.98 Å². The maximum Gasteiger partial charge on any atom is 0.267 e. The van der Waals surface area contributed by atoms with Gasteiger partial charge in [0.25, 0.3) is 11.8 Å². The largest absolute Gasteiger partial charge is 0.493 e. The maximum atomic E-state index is 12.8. The fourth-order valence-electron chi connectivity index (χ4n) is 4.11. The van der Waals surface area contributed by atoms with Crippen molar-refractivity contribution in [3.05, 3.63) is 52.4 Å². The van der Waals surface area contributed by atoms with Crippen molar-refractivity contribution in [3.63, 3.8) is 0 Å². The van der Waals surface area contributed by atoms with Gasteiger partial charge in [0.05, 0.1) is 19.7 Å². The Morgan fingerprint density at radius 1 is 1.03 bits per heavy atom. The average Bonchev–Trinajstić information content (AvgIpc) is 3.35. The average molecular weight is 538 g/mol. The first kappa shape index (κ1) is 26.9. The second-order valence-corrected chi connectivity index (χ2v) is 8.87. The molecule has 2 aromatic heterocycles. The third-order valence-electron chi connectivity index (χ3n) is 6.10. The molecule has 0 aliphatic heterocycles. The summed E-state index contributed by atoms with van der Waals surface area (Å²) in [6.45, 7) is 4.69. The molecule has 0 bridgehead atoms. The number of rotatable bonds is 11. The number of hydrogen-bond donors (Lipinski definition) is 5. The number of ether oxygens (including phenoxy) is 2. The summed E-state index contributed by atoms with van der Waals surface area (Å²) in [6.07, 6.45) is 0.